The first-order valence-corrected chi connectivity index (χ1v) is 10.5. The van der Waals surface area contributed by atoms with Gasteiger partial charge in [-0.1, -0.05) is 18.2 Å². The lowest BCUT2D eigenvalue weighted by atomic mass is 9.98. The SMILES string of the molecule is O=c1[nH]c(C[NH+]2CCc3sccc3[C@@H]2c2cccs2)nc2ccccc12. The molecule has 0 aliphatic carbocycles. The number of aromatic amines is 1. The summed E-state index contributed by atoms with van der Waals surface area (Å²) >= 11 is 3.66. The summed E-state index contributed by atoms with van der Waals surface area (Å²) in [5, 5.41) is 4.99. The molecule has 5 rings (SSSR count). The number of quaternary nitrogens is 1. The van der Waals surface area contributed by atoms with E-state index in [-0.39, 0.29) is 5.56 Å². The summed E-state index contributed by atoms with van der Waals surface area (Å²) in [7, 11) is 0. The molecule has 0 spiro atoms. The Morgan fingerprint density at radius 3 is 2.92 bits per heavy atom. The van der Waals surface area contributed by atoms with Crippen LogP contribution in [0.2, 0.25) is 0 Å². The normalized spacial score (nSPS) is 19.5. The molecular formula is C20H18N3OS2+. The van der Waals surface area contributed by atoms with Crippen molar-refractivity contribution in [3.8, 4) is 0 Å². The largest absolute Gasteiger partial charge is 0.318 e. The van der Waals surface area contributed by atoms with Crippen molar-refractivity contribution < 1.29 is 4.90 Å². The Kier molecular flexibility index (Phi) is 3.96. The summed E-state index contributed by atoms with van der Waals surface area (Å²) in [4.78, 5) is 24.4. The fourth-order valence-corrected chi connectivity index (χ4v) is 5.71. The molecule has 2 atom stereocenters. The van der Waals surface area contributed by atoms with E-state index in [0.29, 0.717) is 11.4 Å². The molecular weight excluding hydrogens is 362 g/mol. The Morgan fingerprint density at radius 1 is 1.12 bits per heavy atom. The fraction of sp³-hybridized carbons (Fsp3) is 0.200. The van der Waals surface area contributed by atoms with Crippen LogP contribution in [-0.4, -0.2) is 16.5 Å². The molecule has 0 amide bonds. The number of benzene rings is 1. The van der Waals surface area contributed by atoms with Gasteiger partial charge in [0.1, 0.15) is 12.6 Å². The van der Waals surface area contributed by atoms with Gasteiger partial charge in [0.25, 0.3) is 5.56 Å². The second-order valence-corrected chi connectivity index (χ2v) is 8.59. The first-order valence-electron chi connectivity index (χ1n) is 8.72. The third-order valence-electron chi connectivity index (χ3n) is 5.06. The maximum Gasteiger partial charge on any atom is 0.258 e. The van der Waals surface area contributed by atoms with Crippen molar-refractivity contribution in [2.45, 2.75) is 19.0 Å². The summed E-state index contributed by atoms with van der Waals surface area (Å²) in [6, 6.07) is 14.5. The predicted molar refractivity (Wildman–Crippen MR) is 106 cm³/mol. The minimum atomic E-state index is -0.0501. The number of nitrogens with zero attached hydrogens (tertiary/aromatic N) is 1. The van der Waals surface area contributed by atoms with Crippen LogP contribution in [0.3, 0.4) is 0 Å². The molecule has 6 heteroatoms. The van der Waals surface area contributed by atoms with Gasteiger partial charge in [-0.2, -0.15) is 0 Å². The van der Waals surface area contributed by atoms with Crippen molar-refractivity contribution in [3.63, 3.8) is 0 Å². The van der Waals surface area contributed by atoms with E-state index in [1.807, 2.05) is 46.9 Å². The number of para-hydroxylation sites is 1. The summed E-state index contributed by atoms with van der Waals surface area (Å²) in [5.74, 6) is 0.768. The van der Waals surface area contributed by atoms with Crippen LogP contribution in [0.4, 0.5) is 0 Å². The Labute approximate surface area is 158 Å². The van der Waals surface area contributed by atoms with Gasteiger partial charge in [0, 0.05) is 16.9 Å². The number of nitrogens with one attached hydrogen (secondary N) is 2. The van der Waals surface area contributed by atoms with Crippen molar-refractivity contribution in [2.24, 2.45) is 0 Å². The highest BCUT2D eigenvalue weighted by molar-refractivity contribution is 7.10. The van der Waals surface area contributed by atoms with Gasteiger partial charge in [-0.25, -0.2) is 4.98 Å². The molecule has 1 unspecified atom stereocenters. The van der Waals surface area contributed by atoms with Gasteiger partial charge in [-0.05, 0) is 35.0 Å². The standard InChI is InChI=1S/C20H17N3OS2/c24-20-13-4-1-2-5-15(13)21-18(22-20)12-23-9-7-16-14(8-11-26-16)19(23)17-6-3-10-25-17/h1-6,8,10-11,19H,7,9,12H2,(H,21,22,24)/p+1/t19-/m1/s1. The second kappa shape index (κ2) is 6.46. The topological polar surface area (TPSA) is 50.2 Å². The zero-order valence-electron chi connectivity index (χ0n) is 14.1. The summed E-state index contributed by atoms with van der Waals surface area (Å²) in [6.45, 7) is 1.77. The van der Waals surface area contributed by atoms with E-state index in [1.165, 1.54) is 20.2 Å². The van der Waals surface area contributed by atoms with Crippen LogP contribution in [0.25, 0.3) is 10.9 Å². The molecule has 4 nitrogen and oxygen atoms in total. The van der Waals surface area contributed by atoms with Gasteiger partial charge in [-0.3, -0.25) is 4.79 Å². The Balaban J connectivity index is 1.54. The molecule has 0 radical (unpaired) electrons. The number of rotatable bonds is 3. The zero-order chi connectivity index (χ0) is 17.5. The highest BCUT2D eigenvalue weighted by Gasteiger charge is 2.34. The molecule has 0 bridgehead atoms. The first-order chi connectivity index (χ1) is 12.8. The van der Waals surface area contributed by atoms with Gasteiger partial charge in [0.05, 0.1) is 22.3 Å². The van der Waals surface area contributed by atoms with E-state index in [4.69, 9.17) is 4.98 Å². The highest BCUT2D eigenvalue weighted by Crippen LogP contribution is 2.31. The molecule has 1 aromatic carbocycles. The lowest BCUT2D eigenvalue weighted by Crippen LogP contribution is -3.12. The van der Waals surface area contributed by atoms with Gasteiger partial charge in [0.15, 0.2) is 5.82 Å². The van der Waals surface area contributed by atoms with Gasteiger partial charge in [0.2, 0.25) is 0 Å². The first kappa shape index (κ1) is 15.9. The highest BCUT2D eigenvalue weighted by atomic mass is 32.1. The Morgan fingerprint density at radius 2 is 2.04 bits per heavy atom. The fourth-order valence-electron chi connectivity index (χ4n) is 3.88. The smallest absolute Gasteiger partial charge is 0.258 e. The third-order valence-corrected chi connectivity index (χ3v) is 6.99. The van der Waals surface area contributed by atoms with Crippen molar-refractivity contribution in [1.82, 2.24) is 9.97 Å². The van der Waals surface area contributed by atoms with Crippen molar-refractivity contribution in [2.75, 3.05) is 6.54 Å². The van der Waals surface area contributed by atoms with Crippen LogP contribution in [0.15, 0.2) is 58.0 Å². The second-order valence-electron chi connectivity index (χ2n) is 6.61. The molecule has 1 aliphatic heterocycles. The quantitative estimate of drug-likeness (QED) is 0.574. The van der Waals surface area contributed by atoms with E-state index in [9.17, 15) is 4.79 Å². The molecule has 0 saturated carbocycles. The molecule has 4 aromatic rings. The van der Waals surface area contributed by atoms with Crippen molar-refractivity contribution in [1.29, 1.82) is 0 Å². The number of hydrogen-bond donors (Lipinski definition) is 2. The summed E-state index contributed by atoms with van der Waals surface area (Å²) < 4.78 is 0. The number of aromatic nitrogens is 2. The van der Waals surface area contributed by atoms with Crippen molar-refractivity contribution >= 4 is 33.6 Å². The summed E-state index contributed by atoms with van der Waals surface area (Å²) in [5.41, 5.74) is 2.15. The van der Waals surface area contributed by atoms with Gasteiger partial charge in [-0.15, -0.1) is 22.7 Å². The van der Waals surface area contributed by atoms with Gasteiger partial charge >= 0.3 is 0 Å². The predicted octanol–water partition coefficient (Wildman–Crippen LogP) is 2.78. The van der Waals surface area contributed by atoms with Crippen LogP contribution >= 0.6 is 22.7 Å². The summed E-state index contributed by atoms with van der Waals surface area (Å²) in [6.07, 6.45) is 1.09. The van der Waals surface area contributed by atoms with E-state index < -0.39 is 0 Å². The molecule has 0 fully saturated rings. The molecule has 1 aliphatic rings. The van der Waals surface area contributed by atoms with Crippen LogP contribution in [-0.2, 0) is 13.0 Å². The van der Waals surface area contributed by atoms with Crippen LogP contribution in [0.5, 0.6) is 0 Å². The van der Waals surface area contributed by atoms with Gasteiger partial charge < -0.3 is 9.88 Å². The van der Waals surface area contributed by atoms with Crippen LogP contribution in [0.1, 0.15) is 27.2 Å². The Bertz CT molecular complexity index is 1110. The molecule has 2 N–H and O–H groups in total. The average Bonchev–Trinajstić information content (AvgIpc) is 3.33. The number of fused-ring (bicyclic) bond motifs is 2. The zero-order valence-corrected chi connectivity index (χ0v) is 15.7. The minimum Gasteiger partial charge on any atom is -0.318 e. The molecule has 0 saturated heterocycles. The van der Waals surface area contributed by atoms with E-state index >= 15 is 0 Å². The van der Waals surface area contributed by atoms with E-state index in [1.54, 1.807) is 0 Å². The molecule has 4 heterocycles. The number of hydrogen-bond acceptors (Lipinski definition) is 4. The third kappa shape index (κ3) is 2.70. The van der Waals surface area contributed by atoms with E-state index in [2.05, 4.69) is 33.9 Å². The molecule has 3 aromatic heterocycles. The number of thiophene rings is 2. The lowest BCUT2D eigenvalue weighted by Gasteiger charge is -2.31. The number of H-pyrrole nitrogens is 1. The van der Waals surface area contributed by atoms with Crippen molar-refractivity contribution in [3.05, 3.63) is 84.7 Å². The van der Waals surface area contributed by atoms with Crippen LogP contribution in [0, 0.1) is 0 Å². The average molecular weight is 381 g/mol. The lowest BCUT2D eigenvalue weighted by molar-refractivity contribution is -0.941. The van der Waals surface area contributed by atoms with E-state index in [0.717, 1.165) is 30.9 Å². The monoisotopic (exact) mass is 380 g/mol. The Hall–Kier alpha value is -2.28. The minimum absolute atomic E-state index is 0.0501. The maximum absolute atomic E-state index is 12.4. The molecule has 130 valence electrons. The maximum atomic E-state index is 12.4. The molecule has 26 heavy (non-hydrogen) atoms. The van der Waals surface area contributed by atoms with Crippen LogP contribution < -0.4 is 10.5 Å².